The first-order valence-electron chi connectivity index (χ1n) is 10.1. The van der Waals surface area contributed by atoms with Crippen LogP contribution in [0.1, 0.15) is 22.3 Å². The average Bonchev–Trinajstić information content (AvgIpc) is 2.82. The van der Waals surface area contributed by atoms with E-state index in [1.807, 2.05) is 72.8 Å². The summed E-state index contributed by atoms with van der Waals surface area (Å²) in [5.41, 5.74) is 4.37. The molecule has 0 unspecified atom stereocenters. The van der Waals surface area contributed by atoms with Crippen LogP contribution in [0.15, 0.2) is 115 Å². The van der Waals surface area contributed by atoms with E-state index in [0.29, 0.717) is 13.2 Å². The van der Waals surface area contributed by atoms with Crippen LogP contribution in [0.25, 0.3) is 11.8 Å². The second-order valence-corrected chi connectivity index (χ2v) is 7.00. The van der Waals surface area contributed by atoms with Gasteiger partial charge < -0.3 is 9.47 Å². The molecule has 0 aliphatic carbocycles. The van der Waals surface area contributed by atoms with E-state index >= 15 is 0 Å². The zero-order valence-electron chi connectivity index (χ0n) is 16.8. The third kappa shape index (κ3) is 5.62. The molecule has 0 atom stereocenters. The Kier molecular flexibility index (Phi) is 6.59. The lowest BCUT2D eigenvalue weighted by atomic mass is 10.1. The molecule has 0 N–H and O–H groups in total. The van der Waals surface area contributed by atoms with E-state index in [1.165, 1.54) is 0 Å². The predicted octanol–water partition coefficient (Wildman–Crippen LogP) is 6.98. The van der Waals surface area contributed by atoms with Crippen molar-refractivity contribution in [1.82, 2.24) is 0 Å². The molecule has 0 bridgehead atoms. The SMILES string of the molecule is C(=C(/OCc1ccccc1)c1ccccc1)/c1cccc(OCc2ccccc2)c1. The van der Waals surface area contributed by atoms with Crippen LogP contribution in [0.3, 0.4) is 0 Å². The van der Waals surface area contributed by atoms with Gasteiger partial charge in [-0.2, -0.15) is 0 Å². The molecule has 4 rings (SSSR count). The molecule has 0 amide bonds. The summed E-state index contributed by atoms with van der Waals surface area (Å²) in [6, 6.07) is 38.6. The second-order valence-electron chi connectivity index (χ2n) is 7.00. The summed E-state index contributed by atoms with van der Waals surface area (Å²) >= 11 is 0. The molecule has 0 aliphatic heterocycles. The fraction of sp³-hybridized carbons (Fsp3) is 0.0714. The molecule has 0 radical (unpaired) electrons. The molecule has 0 aliphatic rings. The van der Waals surface area contributed by atoms with Crippen LogP contribution in [-0.2, 0) is 18.0 Å². The smallest absolute Gasteiger partial charge is 0.127 e. The van der Waals surface area contributed by atoms with Crippen molar-refractivity contribution >= 4 is 11.8 Å². The average molecular weight is 392 g/mol. The van der Waals surface area contributed by atoms with Crippen molar-refractivity contribution < 1.29 is 9.47 Å². The van der Waals surface area contributed by atoms with Crippen LogP contribution < -0.4 is 4.74 Å². The Morgan fingerprint density at radius 1 is 0.600 bits per heavy atom. The van der Waals surface area contributed by atoms with Crippen molar-refractivity contribution in [3.63, 3.8) is 0 Å². The summed E-state index contributed by atoms with van der Waals surface area (Å²) in [6.07, 6.45) is 2.06. The molecule has 30 heavy (non-hydrogen) atoms. The number of benzene rings is 4. The highest BCUT2D eigenvalue weighted by atomic mass is 16.5. The first-order chi connectivity index (χ1) is 14.9. The second kappa shape index (κ2) is 10.1. The topological polar surface area (TPSA) is 18.5 Å². The normalized spacial score (nSPS) is 11.1. The van der Waals surface area contributed by atoms with E-state index < -0.39 is 0 Å². The quantitative estimate of drug-likeness (QED) is 0.238. The molecule has 2 nitrogen and oxygen atoms in total. The van der Waals surface area contributed by atoms with E-state index in [9.17, 15) is 0 Å². The maximum Gasteiger partial charge on any atom is 0.127 e. The standard InChI is InChI=1S/C28H24O2/c1-4-11-23(12-5-1)21-29-27-18-10-15-25(19-27)20-28(26-16-8-3-9-17-26)30-22-24-13-6-2-7-14-24/h1-20H,21-22H2/b28-20-. The molecule has 0 heterocycles. The number of ether oxygens (including phenoxy) is 2. The third-order valence-electron chi connectivity index (χ3n) is 4.70. The summed E-state index contributed by atoms with van der Waals surface area (Å²) < 4.78 is 12.2. The summed E-state index contributed by atoms with van der Waals surface area (Å²) in [4.78, 5) is 0. The Hall–Kier alpha value is -3.78. The zero-order chi connectivity index (χ0) is 20.4. The minimum Gasteiger partial charge on any atom is -0.489 e. The fourth-order valence-electron chi connectivity index (χ4n) is 3.13. The van der Waals surface area contributed by atoms with Gasteiger partial charge in [-0.05, 0) is 34.9 Å². The minimum atomic E-state index is 0.520. The maximum absolute atomic E-state index is 6.21. The molecule has 0 saturated carbocycles. The van der Waals surface area contributed by atoms with Crippen LogP contribution in [-0.4, -0.2) is 0 Å². The lowest BCUT2D eigenvalue weighted by molar-refractivity contribution is 0.266. The van der Waals surface area contributed by atoms with Crippen LogP contribution in [0.2, 0.25) is 0 Å². The van der Waals surface area contributed by atoms with Crippen LogP contribution >= 0.6 is 0 Å². The van der Waals surface area contributed by atoms with Gasteiger partial charge in [0.1, 0.15) is 24.7 Å². The van der Waals surface area contributed by atoms with Gasteiger partial charge in [0.2, 0.25) is 0 Å². The first-order valence-corrected chi connectivity index (χ1v) is 10.1. The molecule has 0 saturated heterocycles. The molecule has 4 aromatic carbocycles. The highest BCUT2D eigenvalue weighted by molar-refractivity contribution is 5.77. The molecular formula is C28H24O2. The Morgan fingerprint density at radius 2 is 1.20 bits per heavy atom. The number of hydrogen-bond acceptors (Lipinski definition) is 2. The van der Waals surface area contributed by atoms with Gasteiger partial charge in [0.05, 0.1) is 0 Å². The van der Waals surface area contributed by atoms with Gasteiger partial charge in [-0.15, -0.1) is 0 Å². The van der Waals surface area contributed by atoms with Crippen molar-refractivity contribution in [1.29, 1.82) is 0 Å². The maximum atomic E-state index is 6.21. The lowest BCUT2D eigenvalue weighted by Gasteiger charge is -2.12. The summed E-state index contributed by atoms with van der Waals surface area (Å²) in [5.74, 6) is 1.67. The largest absolute Gasteiger partial charge is 0.489 e. The molecule has 0 fully saturated rings. The molecule has 4 aromatic rings. The Balaban J connectivity index is 1.53. The Bertz CT molecular complexity index is 1070. The molecule has 0 spiro atoms. The van der Waals surface area contributed by atoms with Crippen LogP contribution in [0.4, 0.5) is 0 Å². The third-order valence-corrected chi connectivity index (χ3v) is 4.70. The number of hydrogen-bond donors (Lipinski definition) is 0. The van der Waals surface area contributed by atoms with Crippen molar-refractivity contribution in [3.8, 4) is 5.75 Å². The first kappa shape index (κ1) is 19.5. The highest BCUT2D eigenvalue weighted by Gasteiger charge is 2.05. The lowest BCUT2D eigenvalue weighted by Crippen LogP contribution is -1.96. The number of rotatable bonds is 8. The molecule has 2 heteroatoms. The van der Waals surface area contributed by atoms with Gasteiger partial charge in [0, 0.05) is 5.56 Å². The van der Waals surface area contributed by atoms with Gasteiger partial charge in [-0.1, -0.05) is 103 Å². The fourth-order valence-corrected chi connectivity index (χ4v) is 3.13. The van der Waals surface area contributed by atoms with E-state index in [4.69, 9.17) is 9.47 Å². The summed E-state index contributed by atoms with van der Waals surface area (Å²) in [7, 11) is 0. The highest BCUT2D eigenvalue weighted by Crippen LogP contribution is 2.23. The van der Waals surface area contributed by atoms with Crippen molar-refractivity contribution in [3.05, 3.63) is 138 Å². The van der Waals surface area contributed by atoms with E-state index in [-0.39, 0.29) is 0 Å². The molecular weight excluding hydrogens is 368 g/mol. The van der Waals surface area contributed by atoms with Crippen LogP contribution in [0.5, 0.6) is 5.75 Å². The zero-order valence-corrected chi connectivity index (χ0v) is 16.8. The predicted molar refractivity (Wildman–Crippen MR) is 123 cm³/mol. The van der Waals surface area contributed by atoms with Gasteiger partial charge in [0.25, 0.3) is 0 Å². The monoisotopic (exact) mass is 392 g/mol. The summed E-state index contributed by atoms with van der Waals surface area (Å²) in [6.45, 7) is 1.07. The van der Waals surface area contributed by atoms with Crippen molar-refractivity contribution in [2.75, 3.05) is 0 Å². The van der Waals surface area contributed by atoms with E-state index in [1.54, 1.807) is 0 Å². The van der Waals surface area contributed by atoms with Gasteiger partial charge in [0.15, 0.2) is 0 Å². The van der Waals surface area contributed by atoms with Crippen LogP contribution in [0, 0.1) is 0 Å². The van der Waals surface area contributed by atoms with Gasteiger partial charge >= 0.3 is 0 Å². The van der Waals surface area contributed by atoms with Crippen molar-refractivity contribution in [2.45, 2.75) is 13.2 Å². The Morgan fingerprint density at radius 3 is 1.87 bits per heavy atom. The summed E-state index contributed by atoms with van der Waals surface area (Å²) in [5, 5.41) is 0. The molecule has 148 valence electrons. The van der Waals surface area contributed by atoms with E-state index in [2.05, 4.69) is 48.5 Å². The van der Waals surface area contributed by atoms with Gasteiger partial charge in [-0.3, -0.25) is 0 Å². The Labute approximate surface area is 178 Å². The minimum absolute atomic E-state index is 0.520. The van der Waals surface area contributed by atoms with Crippen molar-refractivity contribution in [2.24, 2.45) is 0 Å². The van der Waals surface area contributed by atoms with Gasteiger partial charge in [-0.25, -0.2) is 0 Å². The van der Waals surface area contributed by atoms with E-state index in [0.717, 1.165) is 33.8 Å². The molecule has 0 aromatic heterocycles.